The van der Waals surface area contributed by atoms with Crippen molar-refractivity contribution in [2.45, 2.75) is 172 Å². The third-order valence-corrected chi connectivity index (χ3v) is 18.4. The summed E-state index contributed by atoms with van der Waals surface area (Å²) >= 11 is 0. The second-order valence-electron chi connectivity index (χ2n) is 28.5. The molecule has 8 aromatic rings. The first-order chi connectivity index (χ1) is 40.6. The van der Waals surface area contributed by atoms with Crippen molar-refractivity contribution in [3.8, 4) is 44.5 Å². The van der Waals surface area contributed by atoms with Crippen molar-refractivity contribution in [3.05, 3.63) is 236 Å². The van der Waals surface area contributed by atoms with E-state index in [0.717, 1.165) is 54.4 Å². The van der Waals surface area contributed by atoms with E-state index in [1.807, 2.05) is 76.2 Å². The molecule has 4 heteroatoms. The molecule has 4 unspecified atom stereocenters. The third kappa shape index (κ3) is 13.5. The van der Waals surface area contributed by atoms with Gasteiger partial charge in [-0.05, 0) is 163 Å². The number of unbranched alkanes of at least 4 members (excludes halogenated alkanes) is 1. The van der Waals surface area contributed by atoms with Gasteiger partial charge in [0.15, 0.2) is 23.1 Å². The zero-order valence-corrected chi connectivity index (χ0v) is 54.4. The fraction of sp³-hybridized carbons (Fsp3) is 0.366. The molecule has 0 heterocycles. The van der Waals surface area contributed by atoms with E-state index in [9.17, 15) is 19.2 Å². The highest BCUT2D eigenvalue weighted by Gasteiger charge is 2.33. The van der Waals surface area contributed by atoms with Crippen LogP contribution in [0.4, 0.5) is 0 Å². The Labute approximate surface area is 515 Å². The molecule has 4 aliphatic carbocycles. The largest absolute Gasteiger partial charge is 0.294 e. The summed E-state index contributed by atoms with van der Waals surface area (Å²) in [6.07, 6.45) is 7.05. The summed E-state index contributed by atoms with van der Waals surface area (Å²) < 4.78 is 0. The van der Waals surface area contributed by atoms with E-state index >= 15 is 0 Å². The van der Waals surface area contributed by atoms with Crippen molar-refractivity contribution in [3.63, 3.8) is 0 Å². The number of hydrogen-bond donors (Lipinski definition) is 0. The van der Waals surface area contributed by atoms with Gasteiger partial charge in [0, 0.05) is 45.9 Å². The highest BCUT2D eigenvalue weighted by Crippen LogP contribution is 2.42. The minimum atomic E-state index is 0.0943. The maximum absolute atomic E-state index is 12.4. The topological polar surface area (TPSA) is 68.3 Å². The molecule has 0 N–H and O–H groups in total. The van der Waals surface area contributed by atoms with Crippen molar-refractivity contribution in [1.29, 1.82) is 0 Å². The normalized spacial score (nSPS) is 17.6. The average molecular weight is 1140 g/mol. The molecule has 0 aliphatic heterocycles. The lowest BCUT2D eigenvalue weighted by atomic mass is 9.78. The Hall–Kier alpha value is -7.56. The summed E-state index contributed by atoms with van der Waals surface area (Å²) in [5, 5.41) is 0. The van der Waals surface area contributed by atoms with Crippen LogP contribution in [0.3, 0.4) is 0 Å². The van der Waals surface area contributed by atoms with Gasteiger partial charge in [-0.25, -0.2) is 0 Å². The first kappa shape index (κ1) is 63.0. The number of fused-ring (bicyclic) bond motifs is 4. The number of ketones is 4. The van der Waals surface area contributed by atoms with E-state index in [1.165, 1.54) is 113 Å². The zero-order chi connectivity index (χ0) is 62.2. The predicted octanol–water partition coefficient (Wildman–Crippen LogP) is 20.8. The van der Waals surface area contributed by atoms with Crippen molar-refractivity contribution < 1.29 is 19.2 Å². The minimum absolute atomic E-state index is 0.0943. The van der Waals surface area contributed by atoms with Gasteiger partial charge in [0.25, 0.3) is 0 Å². The predicted molar refractivity (Wildman–Crippen MR) is 360 cm³/mol. The monoisotopic (exact) mass is 1140 g/mol. The second kappa shape index (κ2) is 25.4. The molecule has 4 atom stereocenters. The summed E-state index contributed by atoms with van der Waals surface area (Å²) in [5.41, 5.74) is 26.8. The quantitative estimate of drug-likeness (QED) is 0.159. The number of Topliss-reactive ketones (excluding diaryl/α,β-unsaturated/α-hetero) is 4. The van der Waals surface area contributed by atoms with Gasteiger partial charge >= 0.3 is 0 Å². The Morgan fingerprint density at radius 3 is 1.14 bits per heavy atom. The molecule has 4 aliphatic rings. The van der Waals surface area contributed by atoms with Gasteiger partial charge in [-0.2, -0.15) is 0 Å². The number of benzene rings is 8. The third-order valence-electron chi connectivity index (χ3n) is 18.4. The number of carbonyl (C=O) groups excluding carboxylic acids is 4. The lowest BCUT2D eigenvalue weighted by Gasteiger charge is -2.26. The molecule has 86 heavy (non-hydrogen) atoms. The lowest BCUT2D eigenvalue weighted by Crippen LogP contribution is -2.16. The summed E-state index contributed by atoms with van der Waals surface area (Å²) in [6, 6.07) is 55.6. The van der Waals surface area contributed by atoms with E-state index in [1.54, 1.807) is 0 Å². The van der Waals surface area contributed by atoms with Crippen LogP contribution in [0.5, 0.6) is 0 Å². The van der Waals surface area contributed by atoms with Crippen LogP contribution in [0.2, 0.25) is 0 Å². The van der Waals surface area contributed by atoms with Crippen LogP contribution < -0.4 is 0 Å². The van der Waals surface area contributed by atoms with Gasteiger partial charge in [-0.15, -0.1) is 0 Å². The number of rotatable bonds is 7. The lowest BCUT2D eigenvalue weighted by molar-refractivity contribution is 0.0939. The van der Waals surface area contributed by atoms with E-state index in [0.29, 0.717) is 17.3 Å². The van der Waals surface area contributed by atoms with Gasteiger partial charge < -0.3 is 0 Å². The van der Waals surface area contributed by atoms with Crippen LogP contribution in [0.25, 0.3) is 44.5 Å². The van der Waals surface area contributed by atoms with Crippen LogP contribution >= 0.6 is 0 Å². The van der Waals surface area contributed by atoms with Gasteiger partial charge in [0.2, 0.25) is 0 Å². The number of hydrogen-bond acceptors (Lipinski definition) is 4. The summed E-state index contributed by atoms with van der Waals surface area (Å²) in [7, 11) is 0. The fourth-order valence-electron chi connectivity index (χ4n) is 13.0. The van der Waals surface area contributed by atoms with Crippen LogP contribution in [-0.2, 0) is 48.3 Å². The first-order valence-corrected chi connectivity index (χ1v) is 31.7. The first-order valence-electron chi connectivity index (χ1n) is 31.7. The Morgan fingerprint density at radius 1 is 0.349 bits per heavy atom. The smallest absolute Gasteiger partial charge is 0.166 e. The Morgan fingerprint density at radius 2 is 0.721 bits per heavy atom. The molecule has 0 radical (unpaired) electrons. The van der Waals surface area contributed by atoms with Gasteiger partial charge in [0.05, 0.1) is 0 Å². The van der Waals surface area contributed by atoms with Gasteiger partial charge in [0.1, 0.15) is 0 Å². The van der Waals surface area contributed by atoms with Crippen LogP contribution in [0, 0.1) is 37.5 Å². The maximum atomic E-state index is 12.4. The summed E-state index contributed by atoms with van der Waals surface area (Å²) in [4.78, 5) is 48.9. The molecule has 0 fully saturated rings. The van der Waals surface area contributed by atoms with Crippen molar-refractivity contribution in [1.82, 2.24) is 0 Å². The molecule has 0 aromatic heterocycles. The molecule has 0 spiro atoms. The maximum Gasteiger partial charge on any atom is 0.166 e. The van der Waals surface area contributed by atoms with Gasteiger partial charge in [-0.3, -0.25) is 19.2 Å². The van der Waals surface area contributed by atoms with Crippen LogP contribution in [-0.4, -0.2) is 23.1 Å². The Bertz CT molecular complexity index is 3830. The molecular weight excluding hydrogens is 1050 g/mol. The Balaban J connectivity index is 0.000000138. The second-order valence-corrected chi connectivity index (χ2v) is 28.5. The molecule has 0 amide bonds. The standard InChI is InChI=1S/C24H30O.2C20H22O.C18H18O/c1-15-11-21-19(9-8-10-20(21)22(15)25)16-12-17(23(2,3)4)14-18(13-16)24(5,6)7;1-13-12-18-16(6-5-7-17(18)19(13)21)14-8-10-15(11-9-14)20(2,3)4;1-3-4-7-15-8-5-9-16(13-15)17-10-6-11-18-19(17)12-14(2)20(18)21;1-11-7-8-12(2)16(9-11)14-5-4-6-15-17(14)10-13(3)18(15)19/h8-10,12-15H,11H2,1-7H3;5-11,13H,12H2,1-4H3;5-6,8-11,13-14H,3-4,7,12H2,1-2H3;4-9,13H,10H2,1-3H3. The van der Waals surface area contributed by atoms with Crippen LogP contribution in [0.15, 0.2) is 158 Å². The van der Waals surface area contributed by atoms with Crippen molar-refractivity contribution >= 4 is 23.1 Å². The zero-order valence-electron chi connectivity index (χ0n) is 54.4. The highest BCUT2D eigenvalue weighted by atomic mass is 16.1. The molecule has 0 saturated carbocycles. The van der Waals surface area contributed by atoms with E-state index < -0.39 is 0 Å². The molecule has 8 aromatic carbocycles. The highest BCUT2D eigenvalue weighted by molar-refractivity contribution is 6.06. The number of aryl methyl sites for hydroxylation is 3. The molecule has 444 valence electrons. The van der Waals surface area contributed by atoms with Crippen LogP contribution in [0.1, 0.15) is 207 Å². The summed E-state index contributed by atoms with van der Waals surface area (Å²) in [6.45, 7) is 34.8. The fourth-order valence-corrected chi connectivity index (χ4v) is 13.0. The van der Waals surface area contributed by atoms with Gasteiger partial charge in [-0.1, -0.05) is 267 Å². The molecular formula is C82H92O4. The molecule has 12 rings (SSSR count). The molecule has 4 nitrogen and oxygen atoms in total. The van der Waals surface area contributed by atoms with E-state index in [2.05, 4.69) is 192 Å². The number of carbonyl (C=O) groups is 4. The minimum Gasteiger partial charge on any atom is -0.294 e. The van der Waals surface area contributed by atoms with Crippen molar-refractivity contribution in [2.24, 2.45) is 23.7 Å². The Kier molecular flexibility index (Phi) is 18.6. The van der Waals surface area contributed by atoms with E-state index in [-0.39, 0.29) is 45.7 Å². The SMILES string of the molecule is CC1Cc2c(cccc2-c2cc(C(C)(C)C)cc(C(C)(C)C)c2)C1=O.CC1Cc2c(cccc2-c2ccc(C(C)(C)C)cc2)C1=O.CCCCc1cccc(-c2cccc3c2CC(C)C3=O)c1.Cc1ccc(C)c(-c2cccc3c2CC(C)C3=O)c1. The molecule has 0 saturated heterocycles. The summed E-state index contributed by atoms with van der Waals surface area (Å²) in [5.74, 6) is 1.65. The van der Waals surface area contributed by atoms with E-state index in [4.69, 9.17) is 0 Å². The molecule has 0 bridgehead atoms. The van der Waals surface area contributed by atoms with Crippen molar-refractivity contribution in [2.75, 3.05) is 0 Å². The average Bonchev–Trinajstić information content (AvgIpc) is 1.94.